The number of aliphatic hydroxyl groups is 1. The summed E-state index contributed by atoms with van der Waals surface area (Å²) < 4.78 is 12.6. The van der Waals surface area contributed by atoms with Gasteiger partial charge in [-0.2, -0.15) is 0 Å². The summed E-state index contributed by atoms with van der Waals surface area (Å²) in [5.41, 5.74) is 6.57. The van der Waals surface area contributed by atoms with Crippen molar-refractivity contribution in [2.75, 3.05) is 18.0 Å². The number of nitrogens with zero attached hydrogens (tertiary/aromatic N) is 1. The predicted octanol–water partition coefficient (Wildman–Crippen LogP) is 0.334. The van der Waals surface area contributed by atoms with Crippen molar-refractivity contribution in [3.8, 4) is 0 Å². The Morgan fingerprint density at radius 3 is 2.43 bits per heavy atom. The van der Waals surface area contributed by atoms with Crippen molar-refractivity contribution < 1.29 is 9.50 Å². The van der Waals surface area contributed by atoms with E-state index in [0.29, 0.717) is 13.1 Å². The summed E-state index contributed by atoms with van der Waals surface area (Å²) in [6, 6.07) is 6.00. The lowest BCUT2D eigenvalue weighted by atomic mass is 10.2. The Morgan fingerprint density at radius 2 is 1.93 bits per heavy atom. The van der Waals surface area contributed by atoms with E-state index < -0.39 is 6.10 Å². The van der Waals surface area contributed by atoms with Gasteiger partial charge in [0.05, 0.1) is 6.10 Å². The molecule has 1 aromatic carbocycles. The number of benzene rings is 1. The molecule has 0 amide bonds. The minimum Gasteiger partial charge on any atom is -0.390 e. The number of anilines is 1. The third-order valence-electron chi connectivity index (χ3n) is 2.52. The van der Waals surface area contributed by atoms with Crippen molar-refractivity contribution in [2.45, 2.75) is 12.1 Å². The third-order valence-corrected chi connectivity index (χ3v) is 2.52. The first-order valence-corrected chi connectivity index (χ1v) is 4.61. The van der Waals surface area contributed by atoms with Crippen LogP contribution >= 0.6 is 0 Å². The number of aliphatic hydroxyl groups excluding tert-OH is 1. The highest BCUT2D eigenvalue weighted by atomic mass is 19.1. The zero-order chi connectivity index (χ0) is 10.1. The Morgan fingerprint density at radius 1 is 1.29 bits per heavy atom. The highest BCUT2D eigenvalue weighted by Gasteiger charge is 2.28. The van der Waals surface area contributed by atoms with Crippen LogP contribution in [0.3, 0.4) is 0 Å². The van der Waals surface area contributed by atoms with E-state index in [9.17, 15) is 9.50 Å². The van der Waals surface area contributed by atoms with Crippen molar-refractivity contribution in [3.63, 3.8) is 0 Å². The topological polar surface area (TPSA) is 49.5 Å². The van der Waals surface area contributed by atoms with Crippen LogP contribution in [0.4, 0.5) is 10.1 Å². The highest BCUT2D eigenvalue weighted by molar-refractivity contribution is 5.48. The zero-order valence-electron chi connectivity index (χ0n) is 7.73. The summed E-state index contributed by atoms with van der Waals surface area (Å²) in [5, 5.41) is 9.44. The van der Waals surface area contributed by atoms with Gasteiger partial charge in [0, 0.05) is 24.8 Å². The third kappa shape index (κ3) is 1.71. The molecule has 1 fully saturated rings. The van der Waals surface area contributed by atoms with E-state index in [1.165, 1.54) is 12.1 Å². The fourth-order valence-electron chi connectivity index (χ4n) is 1.67. The van der Waals surface area contributed by atoms with Crippen LogP contribution in [0.5, 0.6) is 0 Å². The Hall–Kier alpha value is -1.13. The molecule has 1 aliphatic heterocycles. The molecule has 0 aliphatic carbocycles. The first-order chi connectivity index (χ1) is 6.66. The molecule has 1 saturated heterocycles. The molecule has 0 bridgehead atoms. The van der Waals surface area contributed by atoms with E-state index in [1.807, 2.05) is 4.90 Å². The van der Waals surface area contributed by atoms with Crippen LogP contribution in [0.1, 0.15) is 0 Å². The Kier molecular flexibility index (Phi) is 2.39. The summed E-state index contributed by atoms with van der Waals surface area (Å²) in [6.45, 7) is 1.14. The van der Waals surface area contributed by atoms with Gasteiger partial charge in [-0.05, 0) is 24.3 Å². The molecule has 3 N–H and O–H groups in total. The number of nitrogens with two attached hydrogens (primary N) is 1. The summed E-state index contributed by atoms with van der Waals surface area (Å²) >= 11 is 0. The SMILES string of the molecule is NC1CN(c2ccc(F)cc2)CC1O. The Bertz CT molecular complexity index is 304. The highest BCUT2D eigenvalue weighted by Crippen LogP contribution is 2.19. The number of rotatable bonds is 1. The number of hydrogen-bond acceptors (Lipinski definition) is 3. The van der Waals surface area contributed by atoms with Crippen molar-refractivity contribution in [2.24, 2.45) is 5.73 Å². The predicted molar refractivity (Wildman–Crippen MR) is 52.6 cm³/mol. The quantitative estimate of drug-likeness (QED) is 0.680. The molecule has 0 spiro atoms. The summed E-state index contributed by atoms with van der Waals surface area (Å²) in [5.74, 6) is -0.252. The van der Waals surface area contributed by atoms with Gasteiger partial charge in [-0.1, -0.05) is 0 Å². The van der Waals surface area contributed by atoms with E-state index in [2.05, 4.69) is 0 Å². The minimum absolute atomic E-state index is 0.208. The maximum atomic E-state index is 12.6. The van der Waals surface area contributed by atoms with Gasteiger partial charge in [0.25, 0.3) is 0 Å². The van der Waals surface area contributed by atoms with Crippen LogP contribution in [0.15, 0.2) is 24.3 Å². The Balaban J connectivity index is 2.13. The van der Waals surface area contributed by atoms with Crippen molar-refractivity contribution in [1.29, 1.82) is 0 Å². The second kappa shape index (κ2) is 3.55. The second-order valence-corrected chi connectivity index (χ2v) is 3.61. The molecule has 0 radical (unpaired) electrons. The average Bonchev–Trinajstić information content (AvgIpc) is 2.48. The van der Waals surface area contributed by atoms with Gasteiger partial charge in [0.2, 0.25) is 0 Å². The second-order valence-electron chi connectivity index (χ2n) is 3.61. The first-order valence-electron chi connectivity index (χ1n) is 4.61. The van der Waals surface area contributed by atoms with Gasteiger partial charge in [0.1, 0.15) is 5.82 Å². The number of β-amino-alcohol motifs (C(OH)–C–C–N with tert-alkyl or cyclic N) is 1. The number of hydrogen-bond donors (Lipinski definition) is 2. The van der Waals surface area contributed by atoms with Crippen LogP contribution in [0, 0.1) is 5.82 Å². The van der Waals surface area contributed by atoms with E-state index in [4.69, 9.17) is 5.73 Å². The molecule has 1 heterocycles. The lowest BCUT2D eigenvalue weighted by Gasteiger charge is -2.17. The van der Waals surface area contributed by atoms with E-state index in [0.717, 1.165) is 5.69 Å². The van der Waals surface area contributed by atoms with Gasteiger partial charge in [-0.3, -0.25) is 0 Å². The molecule has 0 saturated carbocycles. The molecule has 1 aliphatic rings. The van der Waals surface area contributed by atoms with Crippen LogP contribution in [0.2, 0.25) is 0 Å². The fourth-order valence-corrected chi connectivity index (χ4v) is 1.67. The molecular formula is C10H13FN2O. The maximum Gasteiger partial charge on any atom is 0.123 e. The van der Waals surface area contributed by atoms with Crippen LogP contribution < -0.4 is 10.6 Å². The Labute approximate surface area is 81.9 Å². The standard InChI is InChI=1S/C10H13FN2O/c11-7-1-3-8(4-2-7)13-5-9(12)10(14)6-13/h1-4,9-10,14H,5-6,12H2. The average molecular weight is 196 g/mol. The largest absolute Gasteiger partial charge is 0.390 e. The summed E-state index contributed by atoms with van der Waals surface area (Å²) in [6.07, 6.45) is -0.486. The zero-order valence-corrected chi connectivity index (χ0v) is 7.73. The lowest BCUT2D eigenvalue weighted by molar-refractivity contribution is 0.180. The molecule has 1 aromatic rings. The lowest BCUT2D eigenvalue weighted by Crippen LogP contribution is -2.32. The molecule has 0 aromatic heterocycles. The van der Waals surface area contributed by atoms with Crippen molar-refractivity contribution in [3.05, 3.63) is 30.1 Å². The molecular weight excluding hydrogens is 183 g/mol. The van der Waals surface area contributed by atoms with Gasteiger partial charge in [-0.25, -0.2) is 4.39 Å². The molecule has 4 heteroatoms. The fraction of sp³-hybridized carbons (Fsp3) is 0.400. The minimum atomic E-state index is -0.486. The van der Waals surface area contributed by atoms with Gasteiger partial charge >= 0.3 is 0 Å². The van der Waals surface area contributed by atoms with Gasteiger partial charge in [-0.15, -0.1) is 0 Å². The summed E-state index contributed by atoms with van der Waals surface area (Å²) in [7, 11) is 0. The normalized spacial score (nSPS) is 26.9. The van der Waals surface area contributed by atoms with E-state index in [1.54, 1.807) is 12.1 Å². The molecule has 2 atom stereocenters. The van der Waals surface area contributed by atoms with Crippen LogP contribution in [-0.2, 0) is 0 Å². The van der Waals surface area contributed by atoms with Crippen molar-refractivity contribution in [1.82, 2.24) is 0 Å². The van der Waals surface area contributed by atoms with E-state index in [-0.39, 0.29) is 11.9 Å². The monoisotopic (exact) mass is 196 g/mol. The first kappa shape index (κ1) is 9.43. The molecule has 3 nitrogen and oxygen atoms in total. The molecule has 76 valence electrons. The van der Waals surface area contributed by atoms with Gasteiger partial charge in [0.15, 0.2) is 0 Å². The molecule has 2 unspecified atom stereocenters. The molecule has 14 heavy (non-hydrogen) atoms. The molecule has 2 rings (SSSR count). The number of halogens is 1. The van der Waals surface area contributed by atoms with E-state index >= 15 is 0 Å². The van der Waals surface area contributed by atoms with Crippen LogP contribution in [0.25, 0.3) is 0 Å². The van der Waals surface area contributed by atoms with Gasteiger partial charge < -0.3 is 15.7 Å². The van der Waals surface area contributed by atoms with Crippen molar-refractivity contribution >= 4 is 5.69 Å². The smallest absolute Gasteiger partial charge is 0.123 e. The maximum absolute atomic E-state index is 12.6. The van der Waals surface area contributed by atoms with Crippen LogP contribution in [-0.4, -0.2) is 30.3 Å². The summed E-state index contributed by atoms with van der Waals surface area (Å²) in [4.78, 5) is 1.95.